The number of hydrogen-bond donors (Lipinski definition) is 1. The summed E-state index contributed by atoms with van der Waals surface area (Å²) in [6.07, 6.45) is 10.0. The molecule has 0 amide bonds. The number of rotatable bonds is 9. The van der Waals surface area contributed by atoms with Crippen LogP contribution in [-0.2, 0) is 6.54 Å². The van der Waals surface area contributed by atoms with Gasteiger partial charge in [-0.25, -0.2) is 4.98 Å². The van der Waals surface area contributed by atoms with Gasteiger partial charge in [-0.3, -0.25) is 0 Å². The number of hydrogen-bond acceptors (Lipinski definition) is 4. The molecule has 0 aliphatic heterocycles. The fourth-order valence-corrected chi connectivity index (χ4v) is 2.25. The van der Waals surface area contributed by atoms with Crippen LogP contribution in [0, 0.1) is 22.7 Å². The third-order valence-electron chi connectivity index (χ3n) is 3.11. The summed E-state index contributed by atoms with van der Waals surface area (Å²) >= 11 is 4.19. The zero-order valence-corrected chi connectivity index (χ0v) is 12.1. The minimum absolute atomic E-state index is 0.231. The molecular formula is C14H20N4S. The molecule has 0 radical (unpaired) electrons. The zero-order chi connectivity index (χ0) is 13.9. The SMILES string of the molecule is N#Cc1ncn(CCCCCCCCCS)c1C#N. The zero-order valence-electron chi connectivity index (χ0n) is 11.2. The van der Waals surface area contributed by atoms with Crippen molar-refractivity contribution >= 4 is 12.6 Å². The van der Waals surface area contributed by atoms with Gasteiger partial charge in [0, 0.05) is 6.54 Å². The Labute approximate surface area is 120 Å². The molecule has 5 heteroatoms. The van der Waals surface area contributed by atoms with E-state index in [-0.39, 0.29) is 5.69 Å². The Hall–Kier alpha value is -1.46. The molecule has 0 aliphatic carbocycles. The van der Waals surface area contributed by atoms with Crippen LogP contribution in [0.25, 0.3) is 0 Å². The maximum atomic E-state index is 8.97. The van der Waals surface area contributed by atoms with Crippen LogP contribution >= 0.6 is 12.6 Å². The molecule has 0 saturated carbocycles. The number of nitrogens with zero attached hydrogens (tertiary/aromatic N) is 4. The largest absolute Gasteiger partial charge is 0.321 e. The summed E-state index contributed by atoms with van der Waals surface area (Å²) in [4.78, 5) is 3.93. The van der Waals surface area contributed by atoms with Crippen molar-refractivity contribution in [2.45, 2.75) is 51.5 Å². The highest BCUT2D eigenvalue weighted by molar-refractivity contribution is 7.80. The van der Waals surface area contributed by atoms with Crippen molar-refractivity contribution in [3.8, 4) is 12.1 Å². The summed E-state index contributed by atoms with van der Waals surface area (Å²) in [7, 11) is 0. The van der Waals surface area contributed by atoms with Crippen molar-refractivity contribution in [2.75, 3.05) is 5.75 Å². The minimum atomic E-state index is 0.231. The number of imidazole rings is 1. The number of nitriles is 2. The quantitative estimate of drug-likeness (QED) is 0.556. The van der Waals surface area contributed by atoms with Crippen LogP contribution in [0.3, 0.4) is 0 Å². The van der Waals surface area contributed by atoms with Crippen LogP contribution in [-0.4, -0.2) is 15.3 Å². The average molecular weight is 276 g/mol. The summed E-state index contributed by atoms with van der Waals surface area (Å²) in [5.41, 5.74) is 0.616. The van der Waals surface area contributed by atoms with Gasteiger partial charge in [-0.2, -0.15) is 23.2 Å². The number of aromatic nitrogens is 2. The molecule has 0 N–H and O–H groups in total. The first-order chi connectivity index (χ1) is 9.33. The normalized spacial score (nSPS) is 10.1. The van der Waals surface area contributed by atoms with Crippen LogP contribution < -0.4 is 0 Å². The van der Waals surface area contributed by atoms with Crippen molar-refractivity contribution in [3.63, 3.8) is 0 Å². The van der Waals surface area contributed by atoms with E-state index in [1.54, 1.807) is 10.9 Å². The van der Waals surface area contributed by atoms with Crippen molar-refractivity contribution in [1.29, 1.82) is 10.5 Å². The summed E-state index contributed by atoms with van der Waals surface area (Å²) in [5, 5.41) is 17.8. The highest BCUT2D eigenvalue weighted by atomic mass is 32.1. The monoisotopic (exact) mass is 276 g/mol. The number of aryl methyl sites for hydroxylation is 1. The van der Waals surface area contributed by atoms with Crippen LogP contribution in [0.5, 0.6) is 0 Å². The van der Waals surface area contributed by atoms with Gasteiger partial charge >= 0.3 is 0 Å². The van der Waals surface area contributed by atoms with Crippen LogP contribution in [0.2, 0.25) is 0 Å². The Morgan fingerprint density at radius 1 is 1.00 bits per heavy atom. The molecule has 4 nitrogen and oxygen atoms in total. The van der Waals surface area contributed by atoms with Gasteiger partial charge in [-0.15, -0.1) is 0 Å². The first-order valence-corrected chi connectivity index (χ1v) is 7.43. The molecule has 0 unspecified atom stereocenters. The molecule has 1 aromatic heterocycles. The van der Waals surface area contributed by atoms with E-state index < -0.39 is 0 Å². The first kappa shape index (κ1) is 15.6. The molecule has 1 heterocycles. The first-order valence-electron chi connectivity index (χ1n) is 6.79. The van der Waals surface area contributed by atoms with Gasteiger partial charge in [0.25, 0.3) is 0 Å². The van der Waals surface area contributed by atoms with E-state index >= 15 is 0 Å². The molecular weight excluding hydrogens is 256 g/mol. The molecule has 0 bridgehead atoms. The summed E-state index contributed by atoms with van der Waals surface area (Å²) in [5.74, 6) is 0.985. The molecule has 1 aromatic rings. The Kier molecular flexibility index (Phi) is 7.77. The second-order valence-corrected chi connectivity index (χ2v) is 5.00. The van der Waals surface area contributed by atoms with E-state index in [1.807, 2.05) is 12.1 Å². The van der Waals surface area contributed by atoms with E-state index in [2.05, 4.69) is 17.6 Å². The predicted molar refractivity (Wildman–Crippen MR) is 77.8 cm³/mol. The lowest BCUT2D eigenvalue weighted by atomic mass is 10.1. The molecule has 0 atom stereocenters. The third-order valence-corrected chi connectivity index (χ3v) is 3.42. The van der Waals surface area contributed by atoms with Crippen molar-refractivity contribution in [1.82, 2.24) is 9.55 Å². The van der Waals surface area contributed by atoms with E-state index in [9.17, 15) is 0 Å². The Bertz CT molecular complexity index is 453. The molecule has 0 aliphatic rings. The maximum absolute atomic E-state index is 8.97. The van der Waals surface area contributed by atoms with Crippen LogP contribution in [0.4, 0.5) is 0 Å². The van der Waals surface area contributed by atoms with E-state index in [0.717, 1.165) is 25.1 Å². The highest BCUT2D eigenvalue weighted by Gasteiger charge is 2.08. The summed E-state index contributed by atoms with van der Waals surface area (Å²) < 4.78 is 1.78. The van der Waals surface area contributed by atoms with Gasteiger partial charge in [0.05, 0.1) is 6.33 Å². The molecule has 0 fully saturated rings. The maximum Gasteiger partial charge on any atom is 0.176 e. The standard InChI is InChI=1S/C14H20N4S/c15-10-13-14(11-16)18(12-17-13)8-6-4-2-1-3-5-7-9-19/h12,19H,1-9H2. The lowest BCUT2D eigenvalue weighted by molar-refractivity contribution is 0.548. The molecule has 102 valence electrons. The highest BCUT2D eigenvalue weighted by Crippen LogP contribution is 2.10. The summed E-state index contributed by atoms with van der Waals surface area (Å²) in [6.45, 7) is 0.772. The Morgan fingerprint density at radius 2 is 1.63 bits per heavy atom. The van der Waals surface area contributed by atoms with E-state index in [1.165, 1.54) is 32.1 Å². The lowest BCUT2D eigenvalue weighted by Crippen LogP contribution is -2.00. The number of thiol groups is 1. The fraction of sp³-hybridized carbons (Fsp3) is 0.643. The van der Waals surface area contributed by atoms with Gasteiger partial charge < -0.3 is 4.57 Å². The second-order valence-electron chi connectivity index (χ2n) is 4.56. The molecule has 0 saturated heterocycles. The number of unbranched alkanes of at least 4 members (excludes halogenated alkanes) is 6. The predicted octanol–water partition coefficient (Wildman–Crippen LogP) is 3.29. The Morgan fingerprint density at radius 3 is 2.21 bits per heavy atom. The van der Waals surface area contributed by atoms with Gasteiger partial charge in [0.2, 0.25) is 0 Å². The molecule has 0 aromatic carbocycles. The molecule has 1 rings (SSSR count). The van der Waals surface area contributed by atoms with E-state index in [4.69, 9.17) is 10.5 Å². The fourth-order valence-electron chi connectivity index (χ4n) is 2.03. The molecule has 0 spiro atoms. The van der Waals surface area contributed by atoms with Crippen LogP contribution in [0.1, 0.15) is 56.3 Å². The van der Waals surface area contributed by atoms with Crippen LogP contribution in [0.15, 0.2) is 6.33 Å². The Balaban J connectivity index is 2.18. The van der Waals surface area contributed by atoms with Gasteiger partial charge in [0.1, 0.15) is 12.1 Å². The van der Waals surface area contributed by atoms with Crippen molar-refractivity contribution in [3.05, 3.63) is 17.7 Å². The minimum Gasteiger partial charge on any atom is -0.321 e. The van der Waals surface area contributed by atoms with Crippen molar-refractivity contribution in [2.24, 2.45) is 0 Å². The van der Waals surface area contributed by atoms with Gasteiger partial charge in [-0.1, -0.05) is 32.1 Å². The average Bonchev–Trinajstić information content (AvgIpc) is 2.83. The van der Waals surface area contributed by atoms with Gasteiger partial charge in [-0.05, 0) is 18.6 Å². The smallest absolute Gasteiger partial charge is 0.176 e. The second kappa shape index (κ2) is 9.47. The summed E-state index contributed by atoms with van der Waals surface area (Å²) in [6, 6.07) is 3.98. The van der Waals surface area contributed by atoms with Gasteiger partial charge in [0.15, 0.2) is 11.4 Å². The third kappa shape index (κ3) is 5.36. The lowest BCUT2D eigenvalue weighted by Gasteiger charge is -2.04. The van der Waals surface area contributed by atoms with Crippen molar-refractivity contribution < 1.29 is 0 Å². The van der Waals surface area contributed by atoms with E-state index in [0.29, 0.717) is 5.69 Å². The molecule has 19 heavy (non-hydrogen) atoms. The topological polar surface area (TPSA) is 65.4 Å².